The van der Waals surface area contributed by atoms with Crippen molar-refractivity contribution in [3.05, 3.63) is 0 Å². The van der Waals surface area contributed by atoms with Gasteiger partial charge in [-0.2, -0.15) is 17.0 Å². The summed E-state index contributed by atoms with van der Waals surface area (Å²) in [6, 6.07) is 0.271. The lowest BCUT2D eigenvalue weighted by Gasteiger charge is -2.43. The first-order valence-electron chi connectivity index (χ1n) is 5.82. The van der Waals surface area contributed by atoms with Gasteiger partial charge in [0.2, 0.25) is 0 Å². The molecule has 0 aromatic rings. The summed E-state index contributed by atoms with van der Waals surface area (Å²) in [4.78, 5) is 0. The molecule has 0 amide bonds. The summed E-state index contributed by atoms with van der Waals surface area (Å²) in [7, 11) is -0.0561. The summed E-state index contributed by atoms with van der Waals surface area (Å²) in [6.45, 7) is 1.29. The van der Waals surface area contributed by atoms with Gasteiger partial charge in [-0.05, 0) is 31.1 Å². The van der Waals surface area contributed by atoms with Crippen LogP contribution >= 0.6 is 0 Å². The van der Waals surface area contributed by atoms with E-state index in [0.717, 1.165) is 19.3 Å². The molecule has 0 radical (unpaired) electrons. The zero-order chi connectivity index (χ0) is 11.9. The van der Waals surface area contributed by atoms with E-state index in [-0.39, 0.29) is 6.04 Å². The predicted octanol–water partition coefficient (Wildman–Crippen LogP) is -0.148. The van der Waals surface area contributed by atoms with E-state index in [1.165, 1.54) is 4.31 Å². The molecule has 1 aliphatic carbocycles. The Hall–Kier alpha value is -0.170. The zero-order valence-electron chi connectivity index (χ0n) is 9.96. The minimum absolute atomic E-state index is 0.271. The highest BCUT2D eigenvalue weighted by molar-refractivity contribution is 7.86. The van der Waals surface area contributed by atoms with Gasteiger partial charge in [-0.1, -0.05) is 0 Å². The molecule has 2 aliphatic rings. The maximum Gasteiger partial charge on any atom is 0.281 e. The van der Waals surface area contributed by atoms with Crippen LogP contribution in [-0.2, 0) is 10.2 Å². The first-order chi connectivity index (χ1) is 7.39. The molecule has 2 atom stereocenters. The van der Waals surface area contributed by atoms with Crippen molar-refractivity contribution in [1.29, 1.82) is 0 Å². The Morgan fingerprint density at radius 1 is 1.12 bits per heavy atom. The van der Waals surface area contributed by atoms with Gasteiger partial charge in [-0.15, -0.1) is 0 Å². The van der Waals surface area contributed by atoms with Crippen molar-refractivity contribution in [1.82, 2.24) is 8.61 Å². The second-order valence-corrected chi connectivity index (χ2v) is 7.45. The molecule has 6 heteroatoms. The quantitative estimate of drug-likeness (QED) is 0.738. The fourth-order valence-corrected chi connectivity index (χ4v) is 4.24. The van der Waals surface area contributed by atoms with Crippen molar-refractivity contribution in [3.63, 3.8) is 0 Å². The van der Waals surface area contributed by atoms with Gasteiger partial charge in [0.15, 0.2) is 0 Å². The highest BCUT2D eigenvalue weighted by Crippen LogP contribution is 2.35. The average Bonchev–Trinajstić information content (AvgIpc) is 2.15. The van der Waals surface area contributed by atoms with E-state index in [1.807, 2.05) is 0 Å². The molecule has 1 heterocycles. The zero-order valence-corrected chi connectivity index (χ0v) is 10.8. The Kier molecular flexibility index (Phi) is 3.27. The molecule has 5 nitrogen and oxygen atoms in total. The van der Waals surface area contributed by atoms with E-state index in [1.54, 1.807) is 18.4 Å². The Labute approximate surface area is 97.8 Å². The summed E-state index contributed by atoms with van der Waals surface area (Å²) < 4.78 is 27.0. The molecule has 0 spiro atoms. The van der Waals surface area contributed by atoms with Crippen LogP contribution < -0.4 is 5.73 Å². The maximum absolute atomic E-state index is 12.0. The lowest BCUT2D eigenvalue weighted by atomic mass is 9.76. The minimum atomic E-state index is -3.23. The molecule has 2 unspecified atom stereocenters. The lowest BCUT2D eigenvalue weighted by Crippen LogP contribution is -2.52. The summed E-state index contributed by atoms with van der Waals surface area (Å²) in [5, 5.41) is 0. The van der Waals surface area contributed by atoms with E-state index in [4.69, 9.17) is 5.73 Å². The van der Waals surface area contributed by atoms with E-state index < -0.39 is 10.2 Å². The number of hydrogen-bond acceptors (Lipinski definition) is 3. The Morgan fingerprint density at radius 2 is 1.62 bits per heavy atom. The molecule has 1 saturated carbocycles. The Bertz CT molecular complexity index is 337. The van der Waals surface area contributed by atoms with Gasteiger partial charge in [0.1, 0.15) is 0 Å². The summed E-state index contributed by atoms with van der Waals surface area (Å²) in [6.07, 6.45) is 3.08. The molecular formula is C10H21N3O2S. The highest BCUT2D eigenvalue weighted by atomic mass is 32.2. The fourth-order valence-electron chi connectivity index (χ4n) is 2.98. The molecule has 94 valence electrons. The van der Waals surface area contributed by atoms with Crippen LogP contribution in [0.5, 0.6) is 0 Å². The molecule has 0 aromatic carbocycles. The second-order valence-electron chi connectivity index (χ2n) is 5.31. The van der Waals surface area contributed by atoms with Crippen molar-refractivity contribution in [2.45, 2.75) is 25.3 Å². The molecule has 1 saturated heterocycles. The molecule has 2 rings (SSSR count). The first-order valence-corrected chi connectivity index (χ1v) is 7.22. The number of rotatable bonds is 2. The smallest absolute Gasteiger partial charge is 0.281 e. The van der Waals surface area contributed by atoms with Gasteiger partial charge in [0, 0.05) is 33.2 Å². The Morgan fingerprint density at radius 3 is 2.06 bits per heavy atom. The number of fused-ring (bicyclic) bond motifs is 2. The monoisotopic (exact) mass is 247 g/mol. The van der Waals surface area contributed by atoms with Crippen molar-refractivity contribution in [2.75, 3.05) is 27.2 Å². The number of hydrogen-bond donors (Lipinski definition) is 1. The molecule has 1 aliphatic heterocycles. The van der Waals surface area contributed by atoms with Crippen LogP contribution in [0.2, 0.25) is 0 Å². The van der Waals surface area contributed by atoms with Crippen LogP contribution in [-0.4, -0.2) is 50.3 Å². The molecule has 2 bridgehead atoms. The van der Waals surface area contributed by atoms with Crippen LogP contribution in [0, 0.1) is 11.8 Å². The summed E-state index contributed by atoms with van der Waals surface area (Å²) in [5.74, 6) is 0.912. The van der Waals surface area contributed by atoms with Gasteiger partial charge < -0.3 is 5.73 Å². The van der Waals surface area contributed by atoms with Crippen LogP contribution in [0.15, 0.2) is 0 Å². The molecular weight excluding hydrogens is 226 g/mol. The van der Waals surface area contributed by atoms with Crippen LogP contribution in [0.25, 0.3) is 0 Å². The molecule has 2 fully saturated rings. The molecule has 16 heavy (non-hydrogen) atoms. The van der Waals surface area contributed by atoms with Gasteiger partial charge in [0.25, 0.3) is 10.2 Å². The third-order valence-electron chi connectivity index (χ3n) is 3.65. The summed E-state index contributed by atoms with van der Waals surface area (Å²) in [5.41, 5.74) is 5.96. The van der Waals surface area contributed by atoms with Crippen molar-refractivity contribution >= 4 is 10.2 Å². The van der Waals surface area contributed by atoms with E-state index in [2.05, 4.69) is 0 Å². The normalized spacial score (nSPS) is 36.6. The fraction of sp³-hybridized carbons (Fsp3) is 1.00. The van der Waals surface area contributed by atoms with Gasteiger partial charge >= 0.3 is 0 Å². The van der Waals surface area contributed by atoms with Gasteiger partial charge in [-0.3, -0.25) is 0 Å². The number of nitrogens with two attached hydrogens (primary N) is 1. The maximum atomic E-state index is 12.0. The number of nitrogens with zero attached hydrogens (tertiary/aromatic N) is 2. The van der Waals surface area contributed by atoms with Gasteiger partial charge in [0.05, 0.1) is 0 Å². The van der Waals surface area contributed by atoms with E-state index in [0.29, 0.717) is 24.9 Å². The van der Waals surface area contributed by atoms with E-state index >= 15 is 0 Å². The lowest BCUT2D eigenvalue weighted by molar-refractivity contribution is 0.127. The SMILES string of the molecule is CN(C)S(=O)(=O)N1CC2CC(N)CC(C2)C1. The Balaban J connectivity index is 2.11. The first kappa shape index (κ1) is 12.3. The summed E-state index contributed by atoms with van der Waals surface area (Å²) >= 11 is 0. The van der Waals surface area contributed by atoms with Crippen molar-refractivity contribution in [3.8, 4) is 0 Å². The van der Waals surface area contributed by atoms with E-state index in [9.17, 15) is 8.42 Å². The van der Waals surface area contributed by atoms with Crippen LogP contribution in [0.1, 0.15) is 19.3 Å². The number of piperidine rings is 1. The van der Waals surface area contributed by atoms with Crippen LogP contribution in [0.4, 0.5) is 0 Å². The average molecular weight is 247 g/mol. The predicted molar refractivity (Wildman–Crippen MR) is 63.0 cm³/mol. The second kappa shape index (κ2) is 4.25. The van der Waals surface area contributed by atoms with Crippen molar-refractivity contribution in [2.24, 2.45) is 17.6 Å². The molecule has 0 aromatic heterocycles. The largest absolute Gasteiger partial charge is 0.328 e. The van der Waals surface area contributed by atoms with Gasteiger partial charge in [-0.25, -0.2) is 0 Å². The highest BCUT2D eigenvalue weighted by Gasteiger charge is 2.38. The standard InChI is InChI=1S/C10H21N3O2S/c1-12(2)16(14,15)13-6-8-3-9(7-13)5-10(11)4-8/h8-10H,3-7,11H2,1-2H3. The van der Waals surface area contributed by atoms with Crippen LogP contribution in [0.3, 0.4) is 0 Å². The van der Waals surface area contributed by atoms with Crippen molar-refractivity contribution < 1.29 is 8.42 Å². The molecule has 2 N–H and O–H groups in total. The topological polar surface area (TPSA) is 66.6 Å². The minimum Gasteiger partial charge on any atom is -0.328 e. The third kappa shape index (κ3) is 2.25. The third-order valence-corrected chi connectivity index (χ3v) is 5.52.